The van der Waals surface area contributed by atoms with Gasteiger partial charge in [-0.25, -0.2) is 0 Å². The summed E-state index contributed by atoms with van der Waals surface area (Å²) in [5.41, 5.74) is 6.08. The lowest BCUT2D eigenvalue weighted by Crippen LogP contribution is -2.15. The Morgan fingerprint density at radius 3 is 2.32 bits per heavy atom. The first-order valence-electron chi connectivity index (χ1n) is 6.52. The van der Waals surface area contributed by atoms with Gasteiger partial charge in [0.1, 0.15) is 0 Å². The van der Waals surface area contributed by atoms with Crippen LogP contribution in [-0.4, -0.2) is 11.1 Å². The third-order valence-electron chi connectivity index (χ3n) is 3.33. The molecule has 0 radical (unpaired) electrons. The quantitative estimate of drug-likeness (QED) is 0.847. The molecule has 0 saturated heterocycles. The largest absolute Gasteiger partial charge is 0.481 e. The third kappa shape index (κ3) is 3.78. The van der Waals surface area contributed by atoms with Crippen LogP contribution in [0, 0.1) is 0 Å². The molecule has 1 unspecified atom stereocenters. The standard InChI is InChI=1S/C16H14F3NO2/c17-16(18,19)12-3-1-2-10(8-12)9-14(15(21)22)11-4-6-13(20)7-5-11/h1-8,14H,9,20H2,(H,21,22). The van der Waals surface area contributed by atoms with E-state index in [-0.39, 0.29) is 6.42 Å². The SMILES string of the molecule is Nc1ccc(C(Cc2cccc(C(F)(F)F)c2)C(=O)O)cc1. The highest BCUT2D eigenvalue weighted by Crippen LogP contribution is 2.31. The van der Waals surface area contributed by atoms with Crippen LogP contribution in [0.15, 0.2) is 48.5 Å². The lowest BCUT2D eigenvalue weighted by molar-refractivity contribution is -0.138. The number of hydrogen-bond acceptors (Lipinski definition) is 2. The van der Waals surface area contributed by atoms with Crippen molar-refractivity contribution in [1.82, 2.24) is 0 Å². The molecule has 2 aromatic rings. The van der Waals surface area contributed by atoms with E-state index in [4.69, 9.17) is 5.73 Å². The number of hydrogen-bond donors (Lipinski definition) is 2. The number of aliphatic carboxylic acids is 1. The smallest absolute Gasteiger partial charge is 0.416 e. The van der Waals surface area contributed by atoms with Crippen LogP contribution in [0.25, 0.3) is 0 Å². The van der Waals surface area contributed by atoms with Gasteiger partial charge in [-0.05, 0) is 35.7 Å². The average Bonchev–Trinajstić information content (AvgIpc) is 2.45. The molecule has 0 spiro atoms. The fourth-order valence-corrected chi connectivity index (χ4v) is 2.19. The van der Waals surface area contributed by atoms with Gasteiger partial charge in [0.05, 0.1) is 11.5 Å². The number of anilines is 1. The Morgan fingerprint density at radius 2 is 1.77 bits per heavy atom. The summed E-state index contributed by atoms with van der Waals surface area (Å²) in [6, 6.07) is 11.0. The molecule has 3 N–H and O–H groups in total. The van der Waals surface area contributed by atoms with Gasteiger partial charge in [-0.3, -0.25) is 4.79 Å². The van der Waals surface area contributed by atoms with Crippen molar-refractivity contribution in [2.75, 3.05) is 5.73 Å². The molecule has 1 atom stereocenters. The molecule has 2 aromatic carbocycles. The lowest BCUT2D eigenvalue weighted by Gasteiger charge is -2.14. The fourth-order valence-electron chi connectivity index (χ4n) is 2.19. The summed E-state index contributed by atoms with van der Waals surface area (Å²) in [6.07, 6.45) is -4.47. The highest BCUT2D eigenvalue weighted by atomic mass is 19.4. The zero-order chi connectivity index (χ0) is 16.3. The molecule has 2 rings (SSSR count). The van der Waals surface area contributed by atoms with E-state index in [1.807, 2.05) is 0 Å². The van der Waals surface area contributed by atoms with E-state index in [0.717, 1.165) is 12.1 Å². The molecule has 0 aliphatic carbocycles. The number of halogens is 3. The Labute approximate surface area is 125 Å². The summed E-state index contributed by atoms with van der Waals surface area (Å²) in [6.45, 7) is 0. The first-order valence-corrected chi connectivity index (χ1v) is 6.52. The highest BCUT2D eigenvalue weighted by molar-refractivity contribution is 5.76. The molecule has 0 amide bonds. The fraction of sp³-hybridized carbons (Fsp3) is 0.188. The zero-order valence-corrected chi connectivity index (χ0v) is 11.5. The maximum Gasteiger partial charge on any atom is 0.416 e. The maximum atomic E-state index is 12.7. The second-order valence-corrected chi connectivity index (χ2v) is 4.96. The van der Waals surface area contributed by atoms with Crippen LogP contribution in [0.5, 0.6) is 0 Å². The minimum absolute atomic E-state index is 0.0246. The average molecular weight is 309 g/mol. The van der Waals surface area contributed by atoms with Gasteiger partial charge in [0.25, 0.3) is 0 Å². The van der Waals surface area contributed by atoms with Crippen molar-refractivity contribution >= 4 is 11.7 Å². The van der Waals surface area contributed by atoms with Crippen LogP contribution in [0.4, 0.5) is 18.9 Å². The molecule has 116 valence electrons. The number of carbonyl (C=O) groups is 1. The van der Waals surface area contributed by atoms with Crippen LogP contribution in [0.2, 0.25) is 0 Å². The Kier molecular flexibility index (Phi) is 4.40. The number of nitrogens with two attached hydrogens (primary N) is 1. The predicted molar refractivity (Wildman–Crippen MR) is 76.4 cm³/mol. The van der Waals surface area contributed by atoms with Crippen LogP contribution >= 0.6 is 0 Å². The van der Waals surface area contributed by atoms with Crippen molar-refractivity contribution < 1.29 is 23.1 Å². The van der Waals surface area contributed by atoms with Crippen molar-refractivity contribution in [2.45, 2.75) is 18.5 Å². The van der Waals surface area contributed by atoms with Gasteiger partial charge in [0.15, 0.2) is 0 Å². The molecule has 22 heavy (non-hydrogen) atoms. The summed E-state index contributed by atoms with van der Waals surface area (Å²) in [5, 5.41) is 9.33. The molecule has 0 heterocycles. The molecule has 0 fully saturated rings. The Hall–Kier alpha value is -2.50. The normalized spacial score (nSPS) is 12.9. The van der Waals surface area contributed by atoms with Gasteiger partial charge < -0.3 is 10.8 Å². The second-order valence-electron chi connectivity index (χ2n) is 4.96. The second kappa shape index (κ2) is 6.09. The predicted octanol–water partition coefficient (Wildman–Crippen LogP) is 3.70. The number of nitrogen functional groups attached to an aromatic ring is 1. The van der Waals surface area contributed by atoms with Crippen molar-refractivity contribution in [2.24, 2.45) is 0 Å². The number of rotatable bonds is 4. The van der Waals surface area contributed by atoms with E-state index in [2.05, 4.69) is 0 Å². The number of carboxylic acid groups (broad SMARTS) is 1. The molecule has 0 saturated carbocycles. The summed E-state index contributed by atoms with van der Waals surface area (Å²) in [5.74, 6) is -2.02. The first-order chi connectivity index (χ1) is 10.3. The van der Waals surface area contributed by atoms with Crippen LogP contribution in [0.3, 0.4) is 0 Å². The van der Waals surface area contributed by atoms with Crippen molar-refractivity contribution in [3.8, 4) is 0 Å². The van der Waals surface area contributed by atoms with E-state index < -0.39 is 23.6 Å². The molecule has 0 bridgehead atoms. The maximum absolute atomic E-state index is 12.7. The van der Waals surface area contributed by atoms with Gasteiger partial charge in [-0.15, -0.1) is 0 Å². The Morgan fingerprint density at radius 1 is 1.14 bits per heavy atom. The van der Waals surface area contributed by atoms with Gasteiger partial charge in [-0.1, -0.05) is 30.3 Å². The van der Waals surface area contributed by atoms with Crippen LogP contribution in [0.1, 0.15) is 22.6 Å². The monoisotopic (exact) mass is 309 g/mol. The topological polar surface area (TPSA) is 63.3 Å². The van der Waals surface area contributed by atoms with Crippen molar-refractivity contribution in [3.05, 3.63) is 65.2 Å². The minimum Gasteiger partial charge on any atom is -0.481 e. The number of benzene rings is 2. The van der Waals surface area contributed by atoms with Crippen molar-refractivity contribution in [3.63, 3.8) is 0 Å². The van der Waals surface area contributed by atoms with Gasteiger partial charge in [0, 0.05) is 5.69 Å². The van der Waals surface area contributed by atoms with Crippen LogP contribution < -0.4 is 5.73 Å². The molecular weight excluding hydrogens is 295 g/mol. The summed E-state index contributed by atoms with van der Waals surface area (Å²) < 4.78 is 38.1. The van der Waals surface area contributed by atoms with E-state index in [9.17, 15) is 23.1 Å². The Balaban J connectivity index is 2.29. The summed E-state index contributed by atoms with van der Waals surface area (Å²) in [7, 11) is 0. The Bertz CT molecular complexity index is 666. The zero-order valence-electron chi connectivity index (χ0n) is 11.5. The van der Waals surface area contributed by atoms with E-state index in [1.165, 1.54) is 12.1 Å². The molecular formula is C16H14F3NO2. The molecule has 6 heteroatoms. The number of carboxylic acids is 1. The van der Waals surface area contributed by atoms with Crippen molar-refractivity contribution in [1.29, 1.82) is 0 Å². The minimum atomic E-state index is -4.45. The molecule has 0 aromatic heterocycles. The highest BCUT2D eigenvalue weighted by Gasteiger charge is 2.31. The van der Waals surface area contributed by atoms with Gasteiger partial charge in [0.2, 0.25) is 0 Å². The first kappa shape index (κ1) is 15.9. The summed E-state index contributed by atoms with van der Waals surface area (Å²) in [4.78, 5) is 11.4. The lowest BCUT2D eigenvalue weighted by atomic mass is 9.91. The molecule has 3 nitrogen and oxygen atoms in total. The molecule has 0 aliphatic rings. The van der Waals surface area contributed by atoms with E-state index >= 15 is 0 Å². The van der Waals surface area contributed by atoms with E-state index in [0.29, 0.717) is 16.8 Å². The van der Waals surface area contributed by atoms with Gasteiger partial charge >= 0.3 is 12.1 Å². The van der Waals surface area contributed by atoms with Crippen LogP contribution in [-0.2, 0) is 17.4 Å². The van der Waals surface area contributed by atoms with Gasteiger partial charge in [-0.2, -0.15) is 13.2 Å². The summed E-state index contributed by atoms with van der Waals surface area (Å²) >= 11 is 0. The van der Waals surface area contributed by atoms with E-state index in [1.54, 1.807) is 24.3 Å². The third-order valence-corrected chi connectivity index (χ3v) is 3.33. The number of alkyl halides is 3. The molecule has 0 aliphatic heterocycles.